The third-order valence-electron chi connectivity index (χ3n) is 3.38. The molecule has 0 radical (unpaired) electrons. The third kappa shape index (κ3) is 6.15. The summed E-state index contributed by atoms with van der Waals surface area (Å²) in [4.78, 5) is 48.0. The van der Waals surface area contributed by atoms with Crippen LogP contribution in [0.1, 0.15) is 30.6 Å². The lowest BCUT2D eigenvalue weighted by Crippen LogP contribution is -2.52. The minimum atomic E-state index is -1.50. The van der Waals surface area contributed by atoms with E-state index in [-0.39, 0.29) is 18.8 Å². The van der Waals surface area contributed by atoms with Crippen molar-refractivity contribution in [3.63, 3.8) is 0 Å². The van der Waals surface area contributed by atoms with Crippen molar-refractivity contribution in [2.75, 3.05) is 13.2 Å². The summed E-state index contributed by atoms with van der Waals surface area (Å²) < 4.78 is 22.6. The molecule has 3 N–H and O–H groups in total. The maximum Gasteiger partial charge on any atom is 0.312 e. The highest BCUT2D eigenvalue weighted by Gasteiger charge is 2.37. The van der Waals surface area contributed by atoms with Crippen LogP contribution in [0.4, 0.5) is 4.39 Å². The number of carbonyl (C=O) groups excluding carboxylic acids is 4. The molecule has 1 rings (SSSR count). The lowest BCUT2D eigenvalue weighted by Gasteiger charge is -2.23. The molecule has 0 aliphatic carbocycles. The fourth-order valence-electron chi connectivity index (χ4n) is 2.18. The zero-order chi connectivity index (χ0) is 19.7. The molecule has 2 atom stereocenters. The predicted octanol–water partition coefficient (Wildman–Crippen LogP) is 0.542. The average molecular weight is 368 g/mol. The molecule has 26 heavy (non-hydrogen) atoms. The summed E-state index contributed by atoms with van der Waals surface area (Å²) in [5.41, 5.74) is 5.35. The van der Waals surface area contributed by atoms with E-state index in [4.69, 9.17) is 15.2 Å². The highest BCUT2D eigenvalue weighted by atomic mass is 19.1. The van der Waals surface area contributed by atoms with E-state index < -0.39 is 48.0 Å². The molecule has 0 aliphatic rings. The summed E-state index contributed by atoms with van der Waals surface area (Å²) in [7, 11) is 0. The minimum Gasteiger partial charge on any atom is -0.466 e. The molecule has 142 valence electrons. The second-order valence-corrected chi connectivity index (χ2v) is 5.23. The third-order valence-corrected chi connectivity index (χ3v) is 3.38. The number of nitrogens with two attached hydrogens (primary N) is 1. The molecule has 9 heteroatoms. The van der Waals surface area contributed by atoms with Crippen LogP contribution in [0.25, 0.3) is 0 Å². The monoisotopic (exact) mass is 368 g/mol. The zero-order valence-corrected chi connectivity index (χ0v) is 14.5. The van der Waals surface area contributed by atoms with E-state index >= 15 is 0 Å². The van der Waals surface area contributed by atoms with E-state index in [1.165, 1.54) is 12.1 Å². The van der Waals surface area contributed by atoms with E-state index in [0.717, 1.165) is 12.1 Å². The molecular weight excluding hydrogens is 347 g/mol. The van der Waals surface area contributed by atoms with Crippen molar-refractivity contribution in [3.8, 4) is 0 Å². The maximum absolute atomic E-state index is 13.0. The molecule has 1 aromatic rings. The van der Waals surface area contributed by atoms with Gasteiger partial charge in [-0.2, -0.15) is 0 Å². The highest BCUT2D eigenvalue weighted by molar-refractivity contribution is 5.99. The highest BCUT2D eigenvalue weighted by Crippen LogP contribution is 2.15. The summed E-state index contributed by atoms with van der Waals surface area (Å²) >= 11 is 0. The Hall–Kier alpha value is -2.97. The molecule has 0 fully saturated rings. The largest absolute Gasteiger partial charge is 0.466 e. The number of esters is 2. The first kappa shape index (κ1) is 21.1. The molecule has 0 spiro atoms. The number of rotatable bonds is 9. The standard InChI is InChI=1S/C17H21FN2O6/c1-3-25-13(21)9-12(17(24)26-4-2)14(15(19)22)20-16(23)10-5-7-11(18)8-6-10/h5-8,12,14H,3-4,9H2,1-2H3,(H2,19,22)(H,20,23)/t12-,14-/m1/s1. The lowest BCUT2D eigenvalue weighted by molar-refractivity contribution is -0.156. The van der Waals surface area contributed by atoms with Gasteiger partial charge in [0.05, 0.1) is 25.6 Å². The van der Waals surface area contributed by atoms with Crippen LogP contribution in [0, 0.1) is 11.7 Å². The SMILES string of the molecule is CCOC(=O)C[C@@H](C(=O)OCC)[C@@H](NC(=O)c1ccc(F)cc1)C(N)=O. The van der Waals surface area contributed by atoms with Crippen LogP contribution in [0.3, 0.4) is 0 Å². The second kappa shape index (κ2) is 10.1. The topological polar surface area (TPSA) is 125 Å². The molecule has 0 aliphatic heterocycles. The van der Waals surface area contributed by atoms with Crippen LogP contribution < -0.4 is 11.1 Å². The van der Waals surface area contributed by atoms with Crippen LogP contribution >= 0.6 is 0 Å². The fourth-order valence-corrected chi connectivity index (χ4v) is 2.18. The number of hydrogen-bond acceptors (Lipinski definition) is 6. The molecule has 0 bridgehead atoms. The van der Waals surface area contributed by atoms with Gasteiger partial charge < -0.3 is 20.5 Å². The van der Waals surface area contributed by atoms with E-state index in [1.807, 2.05) is 0 Å². The van der Waals surface area contributed by atoms with Gasteiger partial charge in [0.25, 0.3) is 5.91 Å². The van der Waals surface area contributed by atoms with Crippen molar-refractivity contribution < 1.29 is 33.0 Å². The average Bonchev–Trinajstić information content (AvgIpc) is 2.58. The first-order valence-electron chi connectivity index (χ1n) is 7.98. The Balaban J connectivity index is 3.03. The minimum absolute atomic E-state index is 0.00947. The van der Waals surface area contributed by atoms with Crippen molar-refractivity contribution in [1.29, 1.82) is 0 Å². The molecule has 0 aromatic heterocycles. The van der Waals surface area contributed by atoms with Gasteiger partial charge in [-0.05, 0) is 38.1 Å². The van der Waals surface area contributed by atoms with Gasteiger partial charge in [-0.15, -0.1) is 0 Å². The molecule has 1 aromatic carbocycles. The van der Waals surface area contributed by atoms with Crippen LogP contribution in [0.5, 0.6) is 0 Å². The molecule has 2 amide bonds. The second-order valence-electron chi connectivity index (χ2n) is 5.23. The van der Waals surface area contributed by atoms with Gasteiger partial charge in [-0.3, -0.25) is 19.2 Å². The summed E-state index contributed by atoms with van der Waals surface area (Å²) in [6, 6.07) is 3.03. The summed E-state index contributed by atoms with van der Waals surface area (Å²) in [5, 5.41) is 2.29. The molecular formula is C17H21FN2O6. The Kier molecular flexibility index (Phi) is 8.20. The van der Waals surface area contributed by atoms with Crippen molar-refractivity contribution in [3.05, 3.63) is 35.6 Å². The number of amides is 2. The zero-order valence-electron chi connectivity index (χ0n) is 14.5. The normalized spacial score (nSPS) is 12.6. The number of carbonyl (C=O) groups is 4. The summed E-state index contributed by atoms with van der Waals surface area (Å²) in [6.07, 6.45) is -0.496. The summed E-state index contributed by atoms with van der Waals surface area (Å²) in [6.45, 7) is 3.22. The van der Waals surface area contributed by atoms with Crippen LogP contribution in [0.15, 0.2) is 24.3 Å². The Bertz CT molecular complexity index is 662. The van der Waals surface area contributed by atoms with E-state index in [9.17, 15) is 23.6 Å². The fraction of sp³-hybridized carbons (Fsp3) is 0.412. The van der Waals surface area contributed by atoms with Crippen LogP contribution in [-0.4, -0.2) is 43.0 Å². The number of ether oxygens (including phenoxy) is 2. The van der Waals surface area contributed by atoms with Crippen LogP contribution in [-0.2, 0) is 23.9 Å². The van der Waals surface area contributed by atoms with Gasteiger partial charge in [0.15, 0.2) is 0 Å². The Morgan fingerprint density at radius 3 is 2.15 bits per heavy atom. The Labute approximate surface area is 149 Å². The van der Waals surface area contributed by atoms with Gasteiger partial charge in [-0.25, -0.2) is 4.39 Å². The smallest absolute Gasteiger partial charge is 0.312 e. The van der Waals surface area contributed by atoms with E-state index in [2.05, 4.69) is 5.32 Å². The van der Waals surface area contributed by atoms with E-state index in [0.29, 0.717) is 0 Å². The maximum atomic E-state index is 13.0. The number of primary amides is 1. The number of nitrogens with one attached hydrogen (secondary N) is 1. The Morgan fingerprint density at radius 1 is 1.08 bits per heavy atom. The number of hydrogen-bond donors (Lipinski definition) is 2. The van der Waals surface area contributed by atoms with Gasteiger partial charge in [0.1, 0.15) is 11.9 Å². The van der Waals surface area contributed by atoms with Gasteiger partial charge >= 0.3 is 11.9 Å². The van der Waals surface area contributed by atoms with Gasteiger partial charge in [0, 0.05) is 5.56 Å². The first-order chi connectivity index (χ1) is 12.3. The number of halogens is 1. The van der Waals surface area contributed by atoms with Crippen LogP contribution in [0.2, 0.25) is 0 Å². The Morgan fingerprint density at radius 2 is 1.65 bits per heavy atom. The van der Waals surface area contributed by atoms with Crippen molar-refractivity contribution in [2.24, 2.45) is 11.7 Å². The van der Waals surface area contributed by atoms with Gasteiger partial charge in [0.2, 0.25) is 5.91 Å². The van der Waals surface area contributed by atoms with Crippen molar-refractivity contribution >= 4 is 23.8 Å². The molecule has 0 saturated heterocycles. The molecule has 0 heterocycles. The van der Waals surface area contributed by atoms with Gasteiger partial charge in [-0.1, -0.05) is 0 Å². The quantitative estimate of drug-likeness (QED) is 0.613. The van der Waals surface area contributed by atoms with Crippen molar-refractivity contribution in [2.45, 2.75) is 26.3 Å². The summed E-state index contributed by atoms with van der Waals surface area (Å²) in [5.74, 6) is -5.29. The molecule has 0 unspecified atom stereocenters. The lowest BCUT2D eigenvalue weighted by atomic mass is 9.95. The first-order valence-corrected chi connectivity index (χ1v) is 7.98. The molecule has 0 saturated carbocycles. The van der Waals surface area contributed by atoms with Crippen molar-refractivity contribution in [1.82, 2.24) is 5.32 Å². The predicted molar refractivity (Wildman–Crippen MR) is 88.2 cm³/mol. The number of benzene rings is 1. The van der Waals surface area contributed by atoms with E-state index in [1.54, 1.807) is 13.8 Å². The molecule has 8 nitrogen and oxygen atoms in total.